The van der Waals surface area contributed by atoms with E-state index in [4.69, 9.17) is 5.11 Å². The maximum atomic E-state index is 12.0. The van der Waals surface area contributed by atoms with Crippen LogP contribution in [-0.4, -0.2) is 43.5 Å². The molecule has 1 amide bonds. The molecule has 20 heavy (non-hydrogen) atoms. The molecule has 1 aliphatic heterocycles. The Hall–Kier alpha value is -1.66. The van der Waals surface area contributed by atoms with Gasteiger partial charge < -0.3 is 10.0 Å². The average Bonchev–Trinajstić information content (AvgIpc) is 2.94. The van der Waals surface area contributed by atoms with Gasteiger partial charge in [0, 0.05) is 18.0 Å². The maximum absolute atomic E-state index is 12.0. The van der Waals surface area contributed by atoms with Crippen molar-refractivity contribution in [3.8, 4) is 0 Å². The van der Waals surface area contributed by atoms with E-state index in [2.05, 4.69) is 0 Å². The van der Waals surface area contributed by atoms with Crippen molar-refractivity contribution in [1.29, 1.82) is 0 Å². The number of carbonyl (C=O) groups excluding carboxylic acids is 1. The number of amides is 1. The third kappa shape index (κ3) is 3.26. The van der Waals surface area contributed by atoms with E-state index in [0.29, 0.717) is 6.54 Å². The monoisotopic (exact) mass is 295 g/mol. The summed E-state index contributed by atoms with van der Waals surface area (Å²) in [6.45, 7) is 0.463. The molecule has 0 aromatic heterocycles. The van der Waals surface area contributed by atoms with E-state index in [-0.39, 0.29) is 23.5 Å². The van der Waals surface area contributed by atoms with Crippen LogP contribution in [0.5, 0.6) is 0 Å². The second kappa shape index (κ2) is 6.19. The van der Waals surface area contributed by atoms with E-state index >= 15 is 0 Å². The molecule has 0 radical (unpaired) electrons. The van der Waals surface area contributed by atoms with Crippen LogP contribution in [0, 0.1) is 0 Å². The lowest BCUT2D eigenvalue weighted by atomic mass is 10.2. The summed E-state index contributed by atoms with van der Waals surface area (Å²) in [6.07, 6.45) is 2.65. The summed E-state index contributed by atoms with van der Waals surface area (Å²) in [5.41, 5.74) is 0. The Morgan fingerprint density at radius 2 is 2.05 bits per heavy atom. The molecule has 108 valence electrons. The molecule has 1 aromatic carbocycles. The molecular weight excluding hydrogens is 278 g/mol. The number of aliphatic hydroxyl groups excluding tert-OH is 1. The van der Waals surface area contributed by atoms with Gasteiger partial charge in [-0.2, -0.15) is 0 Å². The second-order valence-corrected chi connectivity index (χ2v) is 6.50. The summed E-state index contributed by atoms with van der Waals surface area (Å²) in [7, 11) is -3.60. The molecule has 1 aromatic rings. The van der Waals surface area contributed by atoms with Crippen LogP contribution in [0.1, 0.15) is 12.8 Å². The highest BCUT2D eigenvalue weighted by molar-refractivity contribution is 7.94. The lowest BCUT2D eigenvalue weighted by Gasteiger charge is -2.21. The third-order valence-electron chi connectivity index (χ3n) is 3.33. The first kappa shape index (κ1) is 14.7. The molecule has 1 aliphatic rings. The van der Waals surface area contributed by atoms with E-state index in [9.17, 15) is 13.2 Å². The van der Waals surface area contributed by atoms with Gasteiger partial charge in [0.05, 0.1) is 17.5 Å². The molecule has 1 saturated heterocycles. The highest BCUT2D eigenvalue weighted by atomic mass is 32.2. The van der Waals surface area contributed by atoms with Gasteiger partial charge in [-0.1, -0.05) is 18.2 Å². The van der Waals surface area contributed by atoms with Gasteiger partial charge in [-0.3, -0.25) is 4.79 Å². The number of sulfone groups is 1. The van der Waals surface area contributed by atoms with Crippen LogP contribution in [0.4, 0.5) is 0 Å². The van der Waals surface area contributed by atoms with Crippen LogP contribution in [0.3, 0.4) is 0 Å². The van der Waals surface area contributed by atoms with Crippen molar-refractivity contribution >= 4 is 15.7 Å². The number of carbonyl (C=O) groups is 1. The van der Waals surface area contributed by atoms with Crippen molar-refractivity contribution in [2.75, 3.05) is 13.2 Å². The average molecular weight is 295 g/mol. The van der Waals surface area contributed by atoms with E-state index in [0.717, 1.165) is 24.3 Å². The fourth-order valence-electron chi connectivity index (χ4n) is 2.25. The van der Waals surface area contributed by atoms with Gasteiger partial charge in [0.15, 0.2) is 9.84 Å². The zero-order valence-electron chi connectivity index (χ0n) is 11.0. The molecule has 0 spiro atoms. The fourth-order valence-corrected chi connectivity index (χ4v) is 3.24. The van der Waals surface area contributed by atoms with Gasteiger partial charge >= 0.3 is 0 Å². The highest BCUT2D eigenvalue weighted by Crippen LogP contribution is 2.17. The molecule has 0 saturated carbocycles. The predicted octanol–water partition coefficient (Wildman–Crippen LogP) is 0.957. The number of aliphatic hydroxyl groups is 1. The first-order valence-corrected chi connectivity index (χ1v) is 7.99. The zero-order valence-corrected chi connectivity index (χ0v) is 11.8. The highest BCUT2D eigenvalue weighted by Gasteiger charge is 2.26. The topological polar surface area (TPSA) is 74.7 Å². The Kier molecular flexibility index (Phi) is 4.57. The number of hydrogen-bond acceptors (Lipinski definition) is 4. The zero-order chi connectivity index (χ0) is 14.6. The van der Waals surface area contributed by atoms with Gasteiger partial charge in [-0.25, -0.2) is 8.42 Å². The Morgan fingerprint density at radius 1 is 1.35 bits per heavy atom. The Bertz CT molecular complexity index is 595. The predicted molar refractivity (Wildman–Crippen MR) is 74.6 cm³/mol. The normalized spacial score (nSPS) is 19.6. The minimum Gasteiger partial charge on any atom is -0.394 e. The molecule has 1 N–H and O–H groups in total. The lowest BCUT2D eigenvalue weighted by molar-refractivity contribution is -0.127. The standard InChI is InChI=1S/C14H17NO4S/c16-11-12-5-4-9-15(12)14(17)8-10-20(18,19)13-6-2-1-3-7-13/h1-3,6-8,10,12,16H,4-5,9,11H2. The van der Waals surface area contributed by atoms with Crippen LogP contribution in [0.25, 0.3) is 0 Å². The minimum absolute atomic E-state index is 0.0922. The van der Waals surface area contributed by atoms with Crippen molar-refractivity contribution in [1.82, 2.24) is 4.90 Å². The fraction of sp³-hybridized carbons (Fsp3) is 0.357. The van der Waals surface area contributed by atoms with Gasteiger partial charge in [0.2, 0.25) is 5.91 Å². The molecule has 1 fully saturated rings. The van der Waals surface area contributed by atoms with Gasteiger partial charge in [0.25, 0.3) is 0 Å². The van der Waals surface area contributed by atoms with Crippen molar-refractivity contribution in [2.24, 2.45) is 0 Å². The van der Waals surface area contributed by atoms with Crippen LogP contribution in [0.15, 0.2) is 46.7 Å². The van der Waals surface area contributed by atoms with E-state index in [1.807, 2.05) is 0 Å². The summed E-state index contributed by atoms with van der Waals surface area (Å²) in [5.74, 6) is -0.374. The first-order chi connectivity index (χ1) is 9.54. The number of likely N-dealkylation sites (tertiary alicyclic amines) is 1. The van der Waals surface area contributed by atoms with Crippen molar-refractivity contribution in [3.63, 3.8) is 0 Å². The molecule has 1 unspecified atom stereocenters. The van der Waals surface area contributed by atoms with Crippen molar-refractivity contribution in [3.05, 3.63) is 41.8 Å². The number of nitrogens with zero attached hydrogens (tertiary/aromatic N) is 1. The maximum Gasteiger partial charge on any atom is 0.247 e. The summed E-state index contributed by atoms with van der Waals surface area (Å²) < 4.78 is 24.0. The van der Waals surface area contributed by atoms with Gasteiger partial charge in [-0.05, 0) is 25.0 Å². The molecule has 2 rings (SSSR count). The quantitative estimate of drug-likeness (QED) is 0.840. The van der Waals surface area contributed by atoms with Crippen LogP contribution in [-0.2, 0) is 14.6 Å². The molecule has 0 bridgehead atoms. The smallest absolute Gasteiger partial charge is 0.247 e. The molecule has 5 nitrogen and oxygen atoms in total. The van der Waals surface area contributed by atoms with Crippen LogP contribution in [0.2, 0.25) is 0 Å². The third-order valence-corrected chi connectivity index (χ3v) is 4.76. The molecule has 1 atom stereocenters. The minimum atomic E-state index is -3.60. The lowest BCUT2D eigenvalue weighted by Crippen LogP contribution is -2.36. The number of rotatable bonds is 4. The number of benzene rings is 1. The summed E-state index contributed by atoms with van der Waals surface area (Å²) in [5, 5.41) is 10.1. The molecule has 0 aliphatic carbocycles. The van der Waals surface area contributed by atoms with Crippen molar-refractivity contribution < 1.29 is 18.3 Å². The SMILES string of the molecule is O=C(C=CS(=O)(=O)c1ccccc1)N1CCCC1CO. The van der Waals surface area contributed by atoms with E-state index < -0.39 is 9.84 Å². The molecule has 1 heterocycles. The number of hydrogen-bond donors (Lipinski definition) is 1. The van der Waals surface area contributed by atoms with Crippen molar-refractivity contribution in [2.45, 2.75) is 23.8 Å². The van der Waals surface area contributed by atoms with Gasteiger partial charge in [0.1, 0.15) is 0 Å². The van der Waals surface area contributed by atoms with E-state index in [1.165, 1.54) is 17.0 Å². The summed E-state index contributed by atoms with van der Waals surface area (Å²) in [6, 6.07) is 7.75. The molecular formula is C14H17NO4S. The van der Waals surface area contributed by atoms with Gasteiger partial charge in [-0.15, -0.1) is 0 Å². The Balaban J connectivity index is 2.11. The largest absolute Gasteiger partial charge is 0.394 e. The first-order valence-electron chi connectivity index (χ1n) is 6.44. The second-order valence-electron chi connectivity index (χ2n) is 4.67. The van der Waals surface area contributed by atoms with E-state index in [1.54, 1.807) is 18.2 Å². The Labute approximate surface area is 118 Å². The molecule has 6 heteroatoms. The Morgan fingerprint density at radius 3 is 2.70 bits per heavy atom. The van der Waals surface area contributed by atoms with Crippen LogP contribution >= 0.6 is 0 Å². The summed E-state index contributed by atoms with van der Waals surface area (Å²) >= 11 is 0. The van der Waals surface area contributed by atoms with Crippen LogP contribution < -0.4 is 0 Å². The summed E-state index contributed by atoms with van der Waals surface area (Å²) in [4.78, 5) is 13.6.